The van der Waals surface area contributed by atoms with Gasteiger partial charge >= 0.3 is 0 Å². The Bertz CT molecular complexity index is 499. The minimum Gasteiger partial charge on any atom is -0.392 e. The summed E-state index contributed by atoms with van der Waals surface area (Å²) in [7, 11) is -2.10. The van der Waals surface area contributed by atoms with Crippen LogP contribution < -0.4 is 0 Å². The van der Waals surface area contributed by atoms with Crippen LogP contribution in [0, 0.1) is 6.92 Å². The zero-order valence-corrected chi connectivity index (χ0v) is 12.4. The molecule has 4 nitrogen and oxygen atoms in total. The number of hydrogen-bond donors (Lipinski definition) is 1. The maximum absolute atomic E-state index is 12.2. The first kappa shape index (κ1) is 14.6. The number of likely N-dealkylation sites (N-methyl/N-ethyl adjacent to an activating group) is 1. The van der Waals surface area contributed by atoms with Crippen molar-refractivity contribution >= 4 is 26.0 Å². The zero-order valence-electron chi connectivity index (χ0n) is 10.0. The largest absolute Gasteiger partial charge is 0.392 e. The second-order valence-electron chi connectivity index (χ2n) is 4.07. The molecule has 0 saturated carbocycles. The van der Waals surface area contributed by atoms with Gasteiger partial charge in [-0.1, -0.05) is 6.07 Å². The molecule has 17 heavy (non-hydrogen) atoms. The molecule has 6 heteroatoms. The minimum atomic E-state index is -3.56. The summed E-state index contributed by atoms with van der Waals surface area (Å²) in [5.74, 6) is 0. The molecule has 0 saturated heterocycles. The number of hydrogen-bond acceptors (Lipinski definition) is 3. The normalized spacial score (nSPS) is 14.0. The molecule has 0 aliphatic heterocycles. The van der Waals surface area contributed by atoms with E-state index < -0.39 is 16.1 Å². The molecule has 0 aromatic heterocycles. The third-order valence-corrected chi connectivity index (χ3v) is 5.10. The molecule has 96 valence electrons. The van der Waals surface area contributed by atoms with Crippen molar-refractivity contribution in [3.63, 3.8) is 0 Å². The van der Waals surface area contributed by atoms with Gasteiger partial charge in [0.15, 0.2) is 0 Å². The molecule has 0 bridgehead atoms. The van der Waals surface area contributed by atoms with E-state index in [0.29, 0.717) is 4.47 Å². The van der Waals surface area contributed by atoms with Gasteiger partial charge < -0.3 is 5.11 Å². The highest BCUT2D eigenvalue weighted by Crippen LogP contribution is 2.25. The van der Waals surface area contributed by atoms with E-state index in [0.717, 1.165) is 9.87 Å². The number of benzene rings is 1. The molecule has 0 aliphatic rings. The van der Waals surface area contributed by atoms with Crippen molar-refractivity contribution in [1.29, 1.82) is 0 Å². The van der Waals surface area contributed by atoms with Gasteiger partial charge in [-0.2, -0.15) is 4.31 Å². The van der Waals surface area contributed by atoms with Crippen molar-refractivity contribution in [2.24, 2.45) is 0 Å². The summed E-state index contributed by atoms with van der Waals surface area (Å²) in [4.78, 5) is 0.214. The average molecular weight is 322 g/mol. The topological polar surface area (TPSA) is 57.6 Å². The third kappa shape index (κ3) is 3.51. The predicted molar refractivity (Wildman–Crippen MR) is 70.4 cm³/mol. The molecule has 0 amide bonds. The SMILES string of the molecule is Cc1ccc(S(=O)(=O)N(C)CC(C)O)c(Br)c1. The van der Waals surface area contributed by atoms with E-state index in [1.165, 1.54) is 7.05 Å². The van der Waals surface area contributed by atoms with Gasteiger partial charge in [0.1, 0.15) is 0 Å². The van der Waals surface area contributed by atoms with Crippen molar-refractivity contribution < 1.29 is 13.5 Å². The Labute approximate surface area is 110 Å². The Hall–Kier alpha value is -0.430. The second kappa shape index (κ2) is 5.48. The summed E-state index contributed by atoms with van der Waals surface area (Å²) < 4.78 is 26.1. The highest BCUT2D eigenvalue weighted by atomic mass is 79.9. The van der Waals surface area contributed by atoms with E-state index in [1.54, 1.807) is 25.1 Å². The van der Waals surface area contributed by atoms with Crippen molar-refractivity contribution in [2.45, 2.75) is 24.8 Å². The highest BCUT2D eigenvalue weighted by molar-refractivity contribution is 9.10. The molecule has 0 radical (unpaired) electrons. The fourth-order valence-electron chi connectivity index (χ4n) is 1.45. The number of aliphatic hydroxyl groups excluding tert-OH is 1. The molecule has 1 N–H and O–H groups in total. The van der Waals surface area contributed by atoms with Crippen LogP contribution >= 0.6 is 15.9 Å². The first-order valence-electron chi connectivity index (χ1n) is 5.15. The maximum Gasteiger partial charge on any atom is 0.244 e. The van der Waals surface area contributed by atoms with Crippen LogP contribution in [0.1, 0.15) is 12.5 Å². The third-order valence-electron chi connectivity index (χ3n) is 2.30. The van der Waals surface area contributed by atoms with Gasteiger partial charge in [0, 0.05) is 18.1 Å². The second-order valence-corrected chi connectivity index (χ2v) is 6.94. The van der Waals surface area contributed by atoms with E-state index in [9.17, 15) is 13.5 Å². The summed E-state index contributed by atoms with van der Waals surface area (Å²) >= 11 is 3.25. The average Bonchev–Trinajstić information content (AvgIpc) is 2.15. The van der Waals surface area contributed by atoms with Gasteiger partial charge in [-0.3, -0.25) is 0 Å². The molecule has 1 unspecified atom stereocenters. The smallest absolute Gasteiger partial charge is 0.244 e. The maximum atomic E-state index is 12.2. The minimum absolute atomic E-state index is 0.0721. The number of aryl methyl sites for hydroxylation is 1. The lowest BCUT2D eigenvalue weighted by molar-refractivity contribution is 0.171. The van der Waals surface area contributed by atoms with Gasteiger partial charge in [-0.25, -0.2) is 8.42 Å². The lowest BCUT2D eigenvalue weighted by atomic mass is 10.2. The lowest BCUT2D eigenvalue weighted by Crippen LogP contribution is -2.33. The molecule has 0 spiro atoms. The quantitative estimate of drug-likeness (QED) is 0.919. The van der Waals surface area contributed by atoms with Crippen molar-refractivity contribution in [2.75, 3.05) is 13.6 Å². The van der Waals surface area contributed by atoms with Crippen LogP contribution in [0.25, 0.3) is 0 Å². The molecule has 1 aromatic carbocycles. The Morgan fingerprint density at radius 3 is 2.53 bits per heavy atom. The van der Waals surface area contributed by atoms with E-state index in [1.807, 2.05) is 6.92 Å². The summed E-state index contributed by atoms with van der Waals surface area (Å²) in [6, 6.07) is 5.06. The Morgan fingerprint density at radius 2 is 2.06 bits per heavy atom. The van der Waals surface area contributed by atoms with Crippen LogP contribution in [0.4, 0.5) is 0 Å². The summed E-state index contributed by atoms with van der Waals surface area (Å²) in [6.07, 6.45) is -0.695. The Kier molecular flexibility index (Phi) is 4.71. The van der Waals surface area contributed by atoms with Crippen molar-refractivity contribution in [3.8, 4) is 0 Å². The lowest BCUT2D eigenvalue weighted by Gasteiger charge is -2.19. The summed E-state index contributed by atoms with van der Waals surface area (Å²) in [5.41, 5.74) is 0.981. The number of nitrogens with zero attached hydrogens (tertiary/aromatic N) is 1. The molecule has 1 aromatic rings. The van der Waals surface area contributed by atoms with Crippen LogP contribution in [0.5, 0.6) is 0 Å². The van der Waals surface area contributed by atoms with E-state index >= 15 is 0 Å². The van der Waals surface area contributed by atoms with Crippen LogP contribution in [-0.4, -0.2) is 37.5 Å². The first-order chi connectivity index (χ1) is 7.75. The van der Waals surface area contributed by atoms with Crippen molar-refractivity contribution in [3.05, 3.63) is 28.2 Å². The summed E-state index contributed by atoms with van der Waals surface area (Å²) in [6.45, 7) is 3.51. The number of sulfonamides is 1. The van der Waals surface area contributed by atoms with E-state index in [4.69, 9.17) is 0 Å². The zero-order chi connectivity index (χ0) is 13.2. The van der Waals surface area contributed by atoms with Gasteiger partial charge in [-0.15, -0.1) is 0 Å². The molecule has 0 fully saturated rings. The molecule has 0 heterocycles. The number of aliphatic hydroxyl groups is 1. The molecular weight excluding hydrogens is 306 g/mol. The van der Waals surface area contributed by atoms with Gasteiger partial charge in [0.05, 0.1) is 11.0 Å². The standard InChI is InChI=1S/C11H16BrNO3S/c1-8-4-5-11(10(12)6-8)17(15,16)13(3)7-9(2)14/h4-6,9,14H,7H2,1-3H3. The van der Waals surface area contributed by atoms with Gasteiger partial charge in [0.2, 0.25) is 10.0 Å². The van der Waals surface area contributed by atoms with Crippen LogP contribution in [0.2, 0.25) is 0 Å². The van der Waals surface area contributed by atoms with E-state index in [2.05, 4.69) is 15.9 Å². The fourth-order valence-corrected chi connectivity index (χ4v) is 3.85. The van der Waals surface area contributed by atoms with Gasteiger partial charge in [0.25, 0.3) is 0 Å². The summed E-state index contributed by atoms with van der Waals surface area (Å²) in [5, 5.41) is 9.23. The van der Waals surface area contributed by atoms with E-state index in [-0.39, 0.29) is 11.4 Å². The monoisotopic (exact) mass is 321 g/mol. The number of halogens is 1. The van der Waals surface area contributed by atoms with Crippen LogP contribution in [0.15, 0.2) is 27.6 Å². The fraction of sp³-hybridized carbons (Fsp3) is 0.455. The van der Waals surface area contributed by atoms with Crippen LogP contribution in [0.3, 0.4) is 0 Å². The van der Waals surface area contributed by atoms with Crippen molar-refractivity contribution in [1.82, 2.24) is 4.31 Å². The molecule has 1 atom stereocenters. The Morgan fingerprint density at radius 1 is 1.47 bits per heavy atom. The number of rotatable bonds is 4. The highest BCUT2D eigenvalue weighted by Gasteiger charge is 2.24. The molecule has 1 rings (SSSR count). The predicted octanol–water partition coefficient (Wildman–Crippen LogP) is 1.76. The molecule has 0 aliphatic carbocycles. The van der Waals surface area contributed by atoms with Crippen LogP contribution in [-0.2, 0) is 10.0 Å². The Balaban J connectivity index is 3.13. The first-order valence-corrected chi connectivity index (χ1v) is 7.39. The van der Waals surface area contributed by atoms with Gasteiger partial charge in [-0.05, 0) is 47.5 Å². The molecular formula is C11H16BrNO3S.